The molecule has 0 bridgehead atoms. The molecule has 4 heterocycles. The minimum Gasteiger partial charge on any atom is -0.353 e. The fourth-order valence-electron chi connectivity index (χ4n) is 3.52. The summed E-state index contributed by atoms with van der Waals surface area (Å²) in [5, 5.41) is 4.65. The summed E-state index contributed by atoms with van der Waals surface area (Å²) in [6.45, 7) is 1.66. The first-order chi connectivity index (χ1) is 11.1. The molecule has 1 aliphatic rings. The maximum atomic E-state index is 12.2. The number of likely N-dealkylation sites (tertiary alicyclic amines) is 1. The SMILES string of the molecule is Cn1cccc1[C@@H]1CCCN1Cc1nc2c(cnn2C)c(=O)[nH]1. The summed E-state index contributed by atoms with van der Waals surface area (Å²) in [4.78, 5) is 22.1. The van der Waals surface area contributed by atoms with Gasteiger partial charge in [0.1, 0.15) is 11.2 Å². The molecular weight excluding hydrogens is 292 g/mol. The van der Waals surface area contributed by atoms with Gasteiger partial charge in [0.05, 0.1) is 18.8 Å². The molecule has 3 aromatic rings. The summed E-state index contributed by atoms with van der Waals surface area (Å²) in [5.74, 6) is 0.701. The molecule has 0 aromatic carbocycles. The molecule has 23 heavy (non-hydrogen) atoms. The zero-order valence-electron chi connectivity index (χ0n) is 13.4. The summed E-state index contributed by atoms with van der Waals surface area (Å²) in [7, 11) is 3.88. The Morgan fingerprint density at radius 3 is 3.04 bits per heavy atom. The van der Waals surface area contributed by atoms with Gasteiger partial charge in [0, 0.05) is 26.0 Å². The summed E-state index contributed by atoms with van der Waals surface area (Å²) in [6, 6.07) is 4.62. The van der Waals surface area contributed by atoms with Gasteiger partial charge < -0.3 is 9.55 Å². The quantitative estimate of drug-likeness (QED) is 0.792. The number of rotatable bonds is 3. The topological polar surface area (TPSA) is 71.7 Å². The highest BCUT2D eigenvalue weighted by Gasteiger charge is 2.28. The second kappa shape index (κ2) is 5.34. The Hall–Kier alpha value is -2.41. The van der Waals surface area contributed by atoms with Gasteiger partial charge in [-0.15, -0.1) is 0 Å². The standard InChI is InChI=1S/C16H20N6O/c1-20-7-3-5-12(20)13-6-4-8-22(13)10-14-18-15-11(16(23)19-14)9-17-21(15)2/h3,5,7,9,13H,4,6,8,10H2,1-2H3,(H,18,19,23)/t13-/m0/s1. The molecule has 0 amide bonds. The van der Waals surface area contributed by atoms with Gasteiger partial charge in [0.2, 0.25) is 0 Å². The van der Waals surface area contributed by atoms with E-state index in [1.54, 1.807) is 17.9 Å². The summed E-state index contributed by atoms with van der Waals surface area (Å²) >= 11 is 0. The number of hydrogen-bond acceptors (Lipinski definition) is 4. The lowest BCUT2D eigenvalue weighted by atomic mass is 10.1. The average molecular weight is 312 g/mol. The molecule has 4 rings (SSSR count). The van der Waals surface area contributed by atoms with Crippen LogP contribution in [0, 0.1) is 0 Å². The van der Waals surface area contributed by atoms with Crippen molar-refractivity contribution in [2.24, 2.45) is 14.1 Å². The lowest BCUT2D eigenvalue weighted by Crippen LogP contribution is -2.26. The van der Waals surface area contributed by atoms with Crippen LogP contribution in [-0.4, -0.2) is 35.8 Å². The van der Waals surface area contributed by atoms with Crippen molar-refractivity contribution < 1.29 is 0 Å². The highest BCUT2D eigenvalue weighted by atomic mass is 16.1. The van der Waals surface area contributed by atoms with Crippen molar-refractivity contribution in [1.29, 1.82) is 0 Å². The predicted molar refractivity (Wildman–Crippen MR) is 86.9 cm³/mol. The fraction of sp³-hybridized carbons (Fsp3) is 0.438. The molecule has 0 saturated carbocycles. The minimum absolute atomic E-state index is 0.118. The molecule has 7 nitrogen and oxygen atoms in total. The van der Waals surface area contributed by atoms with Gasteiger partial charge in [0.15, 0.2) is 5.65 Å². The number of hydrogen-bond donors (Lipinski definition) is 1. The highest BCUT2D eigenvalue weighted by molar-refractivity contribution is 5.72. The Bertz CT molecular complexity index is 905. The van der Waals surface area contributed by atoms with Gasteiger partial charge in [-0.05, 0) is 31.5 Å². The Kier molecular flexibility index (Phi) is 3.30. The largest absolute Gasteiger partial charge is 0.353 e. The van der Waals surface area contributed by atoms with E-state index in [9.17, 15) is 4.79 Å². The smallest absolute Gasteiger partial charge is 0.262 e. The summed E-state index contributed by atoms with van der Waals surface area (Å²) < 4.78 is 3.82. The normalized spacial score (nSPS) is 19.0. The van der Waals surface area contributed by atoms with E-state index in [-0.39, 0.29) is 5.56 Å². The van der Waals surface area contributed by atoms with E-state index in [1.165, 1.54) is 5.69 Å². The number of fused-ring (bicyclic) bond motifs is 1. The van der Waals surface area contributed by atoms with Crippen LogP contribution < -0.4 is 5.56 Å². The monoisotopic (exact) mass is 312 g/mol. The van der Waals surface area contributed by atoms with Gasteiger partial charge in [-0.25, -0.2) is 4.98 Å². The molecule has 1 N–H and O–H groups in total. The lowest BCUT2D eigenvalue weighted by molar-refractivity contribution is 0.235. The van der Waals surface area contributed by atoms with Crippen molar-refractivity contribution in [3.8, 4) is 0 Å². The highest BCUT2D eigenvalue weighted by Crippen LogP contribution is 2.32. The van der Waals surface area contributed by atoms with Gasteiger partial charge in [-0.3, -0.25) is 14.4 Å². The van der Waals surface area contributed by atoms with Crippen molar-refractivity contribution in [2.75, 3.05) is 6.54 Å². The molecule has 1 aliphatic heterocycles. The van der Waals surface area contributed by atoms with Gasteiger partial charge >= 0.3 is 0 Å². The first-order valence-corrected chi connectivity index (χ1v) is 7.89. The average Bonchev–Trinajstić information content (AvgIpc) is 3.21. The molecule has 0 radical (unpaired) electrons. The van der Waals surface area contributed by atoms with Crippen LogP contribution in [0.4, 0.5) is 0 Å². The number of nitrogens with zero attached hydrogens (tertiary/aromatic N) is 5. The number of aromatic amines is 1. The Morgan fingerprint density at radius 2 is 2.26 bits per heavy atom. The fourth-order valence-corrected chi connectivity index (χ4v) is 3.52. The van der Waals surface area contributed by atoms with E-state index in [0.717, 1.165) is 19.4 Å². The van der Waals surface area contributed by atoms with Crippen LogP contribution in [0.5, 0.6) is 0 Å². The molecule has 3 aromatic heterocycles. The third-order valence-corrected chi connectivity index (χ3v) is 4.69. The summed E-state index contributed by atoms with van der Waals surface area (Å²) in [6.07, 6.45) is 5.94. The Morgan fingerprint density at radius 1 is 1.39 bits per heavy atom. The molecule has 7 heteroatoms. The van der Waals surface area contributed by atoms with E-state index < -0.39 is 0 Å². The second-order valence-electron chi connectivity index (χ2n) is 6.19. The molecular formula is C16H20N6O. The van der Waals surface area contributed by atoms with Crippen LogP contribution in [0.15, 0.2) is 29.3 Å². The Labute approximate surface area is 133 Å². The van der Waals surface area contributed by atoms with Crippen molar-refractivity contribution in [3.05, 3.63) is 46.4 Å². The van der Waals surface area contributed by atoms with Gasteiger partial charge in [0.25, 0.3) is 5.56 Å². The number of nitrogens with one attached hydrogen (secondary N) is 1. The van der Waals surface area contributed by atoms with Gasteiger partial charge in [-0.2, -0.15) is 5.10 Å². The van der Waals surface area contributed by atoms with E-state index in [0.29, 0.717) is 29.4 Å². The van der Waals surface area contributed by atoms with Crippen LogP contribution in [-0.2, 0) is 20.6 Å². The Balaban J connectivity index is 1.66. The van der Waals surface area contributed by atoms with Crippen LogP contribution in [0.25, 0.3) is 11.0 Å². The zero-order valence-corrected chi connectivity index (χ0v) is 13.4. The maximum absolute atomic E-state index is 12.2. The van der Waals surface area contributed by atoms with E-state index in [1.807, 2.05) is 0 Å². The molecule has 120 valence electrons. The first kappa shape index (κ1) is 14.2. The number of H-pyrrole nitrogens is 1. The second-order valence-corrected chi connectivity index (χ2v) is 6.19. The van der Waals surface area contributed by atoms with Crippen LogP contribution in [0.3, 0.4) is 0 Å². The van der Waals surface area contributed by atoms with Gasteiger partial charge in [-0.1, -0.05) is 0 Å². The maximum Gasteiger partial charge on any atom is 0.262 e. The van der Waals surface area contributed by atoms with E-state index >= 15 is 0 Å². The lowest BCUT2D eigenvalue weighted by Gasteiger charge is -2.24. The third kappa shape index (κ3) is 2.37. The summed E-state index contributed by atoms with van der Waals surface area (Å²) in [5.41, 5.74) is 1.83. The van der Waals surface area contributed by atoms with Crippen LogP contribution in [0.2, 0.25) is 0 Å². The molecule has 1 saturated heterocycles. The van der Waals surface area contributed by atoms with Crippen molar-refractivity contribution in [3.63, 3.8) is 0 Å². The van der Waals surface area contributed by atoms with Crippen molar-refractivity contribution >= 4 is 11.0 Å². The molecule has 0 spiro atoms. The minimum atomic E-state index is -0.118. The number of aromatic nitrogens is 5. The van der Waals surface area contributed by atoms with E-state index in [2.05, 4.69) is 49.9 Å². The molecule has 1 fully saturated rings. The van der Waals surface area contributed by atoms with Crippen molar-refractivity contribution in [2.45, 2.75) is 25.4 Å². The van der Waals surface area contributed by atoms with E-state index in [4.69, 9.17) is 0 Å². The van der Waals surface area contributed by atoms with Crippen LogP contribution in [0.1, 0.15) is 30.4 Å². The van der Waals surface area contributed by atoms with Crippen LogP contribution >= 0.6 is 0 Å². The first-order valence-electron chi connectivity index (χ1n) is 7.89. The predicted octanol–water partition coefficient (Wildman–Crippen LogP) is 1.33. The zero-order chi connectivity index (χ0) is 16.0. The van der Waals surface area contributed by atoms with Crippen molar-refractivity contribution in [1.82, 2.24) is 29.2 Å². The number of aryl methyl sites for hydroxylation is 2. The molecule has 1 atom stereocenters. The molecule has 0 aliphatic carbocycles. The molecule has 0 unspecified atom stereocenters. The third-order valence-electron chi connectivity index (χ3n) is 4.69.